The molecule has 1 heteroatoms. The molecular weight excluding hydrogens is 124 g/mol. The lowest BCUT2D eigenvalue weighted by Crippen LogP contribution is -1.94. The molecule has 1 atom stereocenters. The van der Waals surface area contributed by atoms with Crippen LogP contribution >= 0.6 is 0 Å². The largest absolute Gasteiger partial charge is 0.303 e. The van der Waals surface area contributed by atoms with Crippen LogP contribution in [0.5, 0.6) is 0 Å². The van der Waals surface area contributed by atoms with E-state index in [1.165, 1.54) is 25.7 Å². The third kappa shape index (κ3) is 5.80. The molecule has 60 valence electrons. The summed E-state index contributed by atoms with van der Waals surface area (Å²) in [6, 6.07) is 0. The summed E-state index contributed by atoms with van der Waals surface area (Å²) in [6.45, 7) is 4.34. The van der Waals surface area contributed by atoms with Gasteiger partial charge in [-0.3, -0.25) is 0 Å². The van der Waals surface area contributed by atoms with Crippen molar-refractivity contribution in [1.82, 2.24) is 0 Å². The van der Waals surface area contributed by atoms with Gasteiger partial charge in [-0.05, 0) is 5.92 Å². The minimum atomic E-state index is 0.601. The molecule has 0 aliphatic rings. The first-order valence-electron chi connectivity index (χ1n) is 4.24. The lowest BCUT2D eigenvalue weighted by molar-refractivity contribution is -0.108. The van der Waals surface area contributed by atoms with Gasteiger partial charge in [-0.15, -0.1) is 0 Å². The zero-order chi connectivity index (χ0) is 7.82. The highest BCUT2D eigenvalue weighted by molar-refractivity contribution is 5.49. The Balaban J connectivity index is 3.04. The van der Waals surface area contributed by atoms with E-state index < -0.39 is 0 Å². The molecule has 0 aliphatic carbocycles. The second-order valence-electron chi connectivity index (χ2n) is 3.00. The molecule has 0 saturated carbocycles. The maximum absolute atomic E-state index is 10.0. The number of hydrogen-bond acceptors (Lipinski definition) is 1. The van der Waals surface area contributed by atoms with Crippen molar-refractivity contribution in [2.75, 3.05) is 0 Å². The summed E-state index contributed by atoms with van der Waals surface area (Å²) in [6.07, 6.45) is 6.84. The summed E-state index contributed by atoms with van der Waals surface area (Å²) in [7, 11) is 0. The molecule has 0 aromatic rings. The van der Waals surface area contributed by atoms with E-state index in [1.54, 1.807) is 0 Å². The molecule has 1 nitrogen and oxygen atoms in total. The van der Waals surface area contributed by atoms with Crippen LogP contribution in [0.4, 0.5) is 0 Å². The number of unbranched alkanes of at least 4 members (excludes halogenated alkanes) is 2. The second-order valence-corrected chi connectivity index (χ2v) is 3.00. The van der Waals surface area contributed by atoms with Gasteiger partial charge >= 0.3 is 0 Å². The van der Waals surface area contributed by atoms with Crippen molar-refractivity contribution >= 4 is 6.29 Å². The number of carbonyl (C=O) groups excluding carboxylic acids is 1. The van der Waals surface area contributed by atoms with E-state index >= 15 is 0 Å². The SMILES string of the molecule is CCCCCC(C)CC=O. The first kappa shape index (κ1) is 9.67. The fourth-order valence-electron chi connectivity index (χ4n) is 1.02. The van der Waals surface area contributed by atoms with Crippen LogP contribution in [-0.4, -0.2) is 6.29 Å². The van der Waals surface area contributed by atoms with E-state index in [-0.39, 0.29) is 0 Å². The average Bonchev–Trinajstić information content (AvgIpc) is 1.89. The highest BCUT2D eigenvalue weighted by Crippen LogP contribution is 2.10. The van der Waals surface area contributed by atoms with Crippen LogP contribution < -0.4 is 0 Å². The number of aldehydes is 1. The van der Waals surface area contributed by atoms with Crippen LogP contribution in [0.15, 0.2) is 0 Å². The Morgan fingerprint density at radius 2 is 2.10 bits per heavy atom. The van der Waals surface area contributed by atoms with E-state index in [0.29, 0.717) is 5.92 Å². The lowest BCUT2D eigenvalue weighted by atomic mass is 10.0. The monoisotopic (exact) mass is 142 g/mol. The van der Waals surface area contributed by atoms with Crippen molar-refractivity contribution in [3.63, 3.8) is 0 Å². The van der Waals surface area contributed by atoms with Gasteiger partial charge in [0.25, 0.3) is 0 Å². The normalized spacial score (nSPS) is 13.0. The van der Waals surface area contributed by atoms with E-state index in [0.717, 1.165) is 12.7 Å². The summed E-state index contributed by atoms with van der Waals surface area (Å²) in [4.78, 5) is 10.0. The molecule has 0 saturated heterocycles. The molecule has 0 N–H and O–H groups in total. The van der Waals surface area contributed by atoms with E-state index in [9.17, 15) is 4.79 Å². The van der Waals surface area contributed by atoms with Crippen molar-refractivity contribution in [1.29, 1.82) is 0 Å². The average molecular weight is 142 g/mol. The van der Waals surface area contributed by atoms with Gasteiger partial charge in [-0.25, -0.2) is 0 Å². The molecule has 0 fully saturated rings. The topological polar surface area (TPSA) is 17.1 Å². The van der Waals surface area contributed by atoms with Gasteiger partial charge in [0, 0.05) is 6.42 Å². The molecule has 0 heterocycles. The predicted molar refractivity (Wildman–Crippen MR) is 44.0 cm³/mol. The fourth-order valence-corrected chi connectivity index (χ4v) is 1.02. The first-order chi connectivity index (χ1) is 4.81. The third-order valence-corrected chi connectivity index (χ3v) is 1.80. The molecular formula is C9H18O. The predicted octanol–water partition coefficient (Wildman–Crippen LogP) is 2.79. The molecule has 1 unspecified atom stereocenters. The standard InChI is InChI=1S/C9H18O/c1-3-4-5-6-9(2)7-8-10/h8-9H,3-7H2,1-2H3. The van der Waals surface area contributed by atoms with Crippen molar-refractivity contribution in [2.24, 2.45) is 5.92 Å². The number of rotatable bonds is 6. The van der Waals surface area contributed by atoms with Crippen LogP contribution in [0.2, 0.25) is 0 Å². The molecule has 0 radical (unpaired) electrons. The van der Waals surface area contributed by atoms with Gasteiger partial charge < -0.3 is 4.79 Å². The second kappa shape index (κ2) is 6.79. The highest BCUT2D eigenvalue weighted by Gasteiger charge is 1.98. The molecule has 0 amide bonds. The van der Waals surface area contributed by atoms with Crippen LogP contribution in [0.1, 0.15) is 46.0 Å². The fraction of sp³-hybridized carbons (Fsp3) is 0.889. The van der Waals surface area contributed by atoms with Crippen molar-refractivity contribution in [3.8, 4) is 0 Å². The van der Waals surface area contributed by atoms with Gasteiger partial charge in [-0.1, -0.05) is 39.5 Å². The molecule has 0 spiro atoms. The number of carbonyl (C=O) groups is 1. The van der Waals surface area contributed by atoms with Gasteiger partial charge in [0.15, 0.2) is 0 Å². The maximum atomic E-state index is 10.0. The van der Waals surface area contributed by atoms with Crippen LogP contribution in [-0.2, 0) is 4.79 Å². The Kier molecular flexibility index (Phi) is 6.56. The molecule has 0 aromatic carbocycles. The zero-order valence-electron chi connectivity index (χ0n) is 7.10. The summed E-state index contributed by atoms with van der Waals surface area (Å²) in [5.74, 6) is 0.601. The molecule has 0 aromatic heterocycles. The Morgan fingerprint density at radius 1 is 1.40 bits per heavy atom. The summed E-state index contributed by atoms with van der Waals surface area (Å²) < 4.78 is 0. The Bertz CT molecular complexity index is 78.8. The minimum absolute atomic E-state index is 0.601. The van der Waals surface area contributed by atoms with Crippen molar-refractivity contribution in [2.45, 2.75) is 46.0 Å². The van der Waals surface area contributed by atoms with Gasteiger partial charge in [0.1, 0.15) is 6.29 Å². The molecule has 0 aliphatic heterocycles. The van der Waals surface area contributed by atoms with Gasteiger partial charge in [-0.2, -0.15) is 0 Å². The molecule has 0 rings (SSSR count). The van der Waals surface area contributed by atoms with E-state index in [2.05, 4.69) is 13.8 Å². The summed E-state index contributed by atoms with van der Waals surface area (Å²) in [5.41, 5.74) is 0. The summed E-state index contributed by atoms with van der Waals surface area (Å²) in [5, 5.41) is 0. The van der Waals surface area contributed by atoms with Crippen LogP contribution in [0.25, 0.3) is 0 Å². The Morgan fingerprint density at radius 3 is 2.60 bits per heavy atom. The summed E-state index contributed by atoms with van der Waals surface area (Å²) >= 11 is 0. The maximum Gasteiger partial charge on any atom is 0.120 e. The zero-order valence-corrected chi connectivity index (χ0v) is 7.10. The van der Waals surface area contributed by atoms with E-state index in [1.807, 2.05) is 0 Å². The van der Waals surface area contributed by atoms with Crippen molar-refractivity contribution < 1.29 is 4.79 Å². The smallest absolute Gasteiger partial charge is 0.120 e. The van der Waals surface area contributed by atoms with Gasteiger partial charge in [0.2, 0.25) is 0 Å². The van der Waals surface area contributed by atoms with Crippen molar-refractivity contribution in [3.05, 3.63) is 0 Å². The third-order valence-electron chi connectivity index (χ3n) is 1.80. The number of hydrogen-bond donors (Lipinski definition) is 0. The van der Waals surface area contributed by atoms with E-state index in [4.69, 9.17) is 0 Å². The molecule has 0 bridgehead atoms. The van der Waals surface area contributed by atoms with Gasteiger partial charge in [0.05, 0.1) is 0 Å². The lowest BCUT2D eigenvalue weighted by Gasteiger charge is -2.04. The van der Waals surface area contributed by atoms with Crippen LogP contribution in [0, 0.1) is 5.92 Å². The quantitative estimate of drug-likeness (QED) is 0.411. The Labute approximate surface area is 63.8 Å². The van der Waals surface area contributed by atoms with Crippen LogP contribution in [0.3, 0.4) is 0 Å². The minimum Gasteiger partial charge on any atom is -0.303 e. The first-order valence-corrected chi connectivity index (χ1v) is 4.24. The molecule has 10 heavy (non-hydrogen) atoms. The highest BCUT2D eigenvalue weighted by atomic mass is 16.1. The Hall–Kier alpha value is -0.330.